The Morgan fingerprint density at radius 1 is 0.862 bits per heavy atom. The molecule has 0 saturated heterocycles. The number of rotatable bonds is 12. The van der Waals surface area contributed by atoms with Gasteiger partial charge in [-0.2, -0.15) is 0 Å². The third-order valence-electron chi connectivity index (χ3n) is 4.63. The highest BCUT2D eigenvalue weighted by Gasteiger charge is 2.12. The fourth-order valence-electron chi connectivity index (χ4n) is 2.89. The lowest BCUT2D eigenvalue weighted by atomic mass is 10.2. The largest absolute Gasteiger partial charge is 0.490 e. The normalized spacial score (nSPS) is 11.1. The molecule has 0 atom stereocenters. The first-order valence-corrected chi connectivity index (χ1v) is 11.1. The minimum Gasteiger partial charge on any atom is -0.490 e. The summed E-state index contributed by atoms with van der Waals surface area (Å²) >= 11 is 18.7. The molecule has 2 aromatic rings. The highest BCUT2D eigenvalue weighted by molar-refractivity contribution is 6.35. The Labute approximate surface area is 189 Å². The lowest BCUT2D eigenvalue weighted by Crippen LogP contribution is -2.31. The number of ether oxygens (including phenoxy) is 2. The van der Waals surface area contributed by atoms with Gasteiger partial charge in [-0.15, -0.1) is 0 Å². The van der Waals surface area contributed by atoms with Crippen molar-refractivity contribution in [2.75, 3.05) is 32.8 Å². The molecule has 0 bridgehead atoms. The fraction of sp³-hybridized carbons (Fsp3) is 0.455. The molecule has 0 aliphatic heterocycles. The number of hydrogen-bond donors (Lipinski definition) is 1. The van der Waals surface area contributed by atoms with Crippen LogP contribution in [-0.2, 0) is 13.2 Å². The van der Waals surface area contributed by atoms with Crippen molar-refractivity contribution in [3.8, 4) is 11.5 Å². The van der Waals surface area contributed by atoms with E-state index >= 15 is 0 Å². The van der Waals surface area contributed by atoms with Gasteiger partial charge in [0.15, 0.2) is 11.5 Å². The molecule has 0 heterocycles. The molecule has 0 fully saturated rings. The van der Waals surface area contributed by atoms with Gasteiger partial charge >= 0.3 is 0 Å². The standard InChI is InChI=1S/C22H29Cl3N2O2/c1-4-27(5-2)10-9-26-14-17-11-21(28-6-3)22(13-20(17)25)29-15-16-7-8-18(23)12-19(16)24/h7-8,11-13,26H,4-6,9-10,14-15H2,1-3H3. The molecule has 4 nitrogen and oxygen atoms in total. The molecule has 0 radical (unpaired) electrons. The lowest BCUT2D eigenvalue weighted by molar-refractivity contribution is 0.269. The van der Waals surface area contributed by atoms with Gasteiger partial charge in [-0.1, -0.05) is 54.7 Å². The number of likely N-dealkylation sites (N-methyl/N-ethyl adjacent to an activating group) is 1. The van der Waals surface area contributed by atoms with Crippen LogP contribution in [0, 0.1) is 0 Å². The zero-order chi connectivity index (χ0) is 21.2. The van der Waals surface area contributed by atoms with Crippen molar-refractivity contribution in [1.29, 1.82) is 0 Å². The van der Waals surface area contributed by atoms with Crippen LogP contribution in [0.2, 0.25) is 15.1 Å². The van der Waals surface area contributed by atoms with E-state index in [1.165, 1.54) is 0 Å². The van der Waals surface area contributed by atoms with Gasteiger partial charge in [0.2, 0.25) is 0 Å². The molecule has 0 amide bonds. The van der Waals surface area contributed by atoms with Crippen LogP contribution in [0.15, 0.2) is 30.3 Å². The van der Waals surface area contributed by atoms with E-state index in [4.69, 9.17) is 44.3 Å². The van der Waals surface area contributed by atoms with Crippen molar-refractivity contribution in [2.24, 2.45) is 0 Å². The Hall–Kier alpha value is -1.17. The molecule has 0 saturated carbocycles. The number of nitrogens with one attached hydrogen (secondary N) is 1. The van der Waals surface area contributed by atoms with Crippen molar-refractivity contribution >= 4 is 34.8 Å². The summed E-state index contributed by atoms with van der Waals surface area (Å²) in [7, 11) is 0. The average molecular weight is 460 g/mol. The molecular weight excluding hydrogens is 431 g/mol. The van der Waals surface area contributed by atoms with Crippen LogP contribution in [0.3, 0.4) is 0 Å². The first-order valence-electron chi connectivity index (χ1n) is 9.93. The number of hydrogen-bond acceptors (Lipinski definition) is 4. The quantitative estimate of drug-likeness (QED) is 0.391. The average Bonchev–Trinajstić information content (AvgIpc) is 2.70. The molecule has 160 valence electrons. The maximum absolute atomic E-state index is 6.50. The topological polar surface area (TPSA) is 33.7 Å². The number of nitrogens with zero attached hydrogens (tertiary/aromatic N) is 1. The number of halogens is 3. The van der Waals surface area contributed by atoms with Crippen LogP contribution < -0.4 is 14.8 Å². The van der Waals surface area contributed by atoms with Crippen molar-refractivity contribution < 1.29 is 9.47 Å². The van der Waals surface area contributed by atoms with Gasteiger partial charge in [0, 0.05) is 46.3 Å². The van der Waals surface area contributed by atoms with Crippen LogP contribution in [0.25, 0.3) is 0 Å². The minimum atomic E-state index is 0.299. The first-order chi connectivity index (χ1) is 14.0. The van der Waals surface area contributed by atoms with Crippen molar-refractivity contribution in [2.45, 2.75) is 33.9 Å². The van der Waals surface area contributed by atoms with Gasteiger partial charge in [0.25, 0.3) is 0 Å². The summed E-state index contributed by atoms with van der Waals surface area (Å²) in [6.07, 6.45) is 0. The van der Waals surface area contributed by atoms with Crippen molar-refractivity contribution in [3.63, 3.8) is 0 Å². The van der Waals surface area contributed by atoms with E-state index in [1.807, 2.05) is 19.1 Å². The summed E-state index contributed by atoms with van der Waals surface area (Å²) in [5.41, 5.74) is 1.82. The fourth-order valence-corrected chi connectivity index (χ4v) is 3.57. The summed E-state index contributed by atoms with van der Waals surface area (Å²) in [6.45, 7) is 11.8. The molecule has 0 aliphatic carbocycles. The second-order valence-corrected chi connectivity index (χ2v) is 7.80. The molecule has 0 aliphatic rings. The summed E-state index contributed by atoms with van der Waals surface area (Å²) in [5, 5.41) is 5.25. The summed E-state index contributed by atoms with van der Waals surface area (Å²) < 4.78 is 11.7. The SMILES string of the molecule is CCOc1cc(CNCCN(CC)CC)c(Cl)cc1OCc1ccc(Cl)cc1Cl. The van der Waals surface area contributed by atoms with Crippen LogP contribution in [0.4, 0.5) is 0 Å². The Kier molecular flexibility index (Phi) is 10.4. The summed E-state index contributed by atoms with van der Waals surface area (Å²) in [5.74, 6) is 1.26. The Morgan fingerprint density at radius 3 is 2.21 bits per heavy atom. The van der Waals surface area contributed by atoms with Crippen molar-refractivity contribution in [3.05, 3.63) is 56.5 Å². The van der Waals surface area contributed by atoms with E-state index in [-0.39, 0.29) is 0 Å². The monoisotopic (exact) mass is 458 g/mol. The Bertz CT molecular complexity index is 783. The first kappa shape index (κ1) is 24.1. The predicted octanol–water partition coefficient (Wildman–Crippen LogP) is 6.06. The van der Waals surface area contributed by atoms with Gasteiger partial charge in [0.1, 0.15) is 6.61 Å². The molecule has 0 unspecified atom stereocenters. The van der Waals surface area contributed by atoms with E-state index in [0.29, 0.717) is 46.3 Å². The molecule has 0 spiro atoms. The van der Waals surface area contributed by atoms with Crippen LogP contribution >= 0.6 is 34.8 Å². The summed E-state index contributed by atoms with van der Waals surface area (Å²) in [4.78, 5) is 2.37. The highest BCUT2D eigenvalue weighted by Crippen LogP contribution is 2.35. The van der Waals surface area contributed by atoms with E-state index in [2.05, 4.69) is 24.1 Å². The molecule has 0 aromatic heterocycles. The molecule has 1 N–H and O–H groups in total. The van der Waals surface area contributed by atoms with Crippen LogP contribution in [0.5, 0.6) is 11.5 Å². The number of benzene rings is 2. The van der Waals surface area contributed by atoms with Gasteiger partial charge < -0.3 is 19.7 Å². The zero-order valence-electron chi connectivity index (χ0n) is 17.2. The Balaban J connectivity index is 2.04. The van der Waals surface area contributed by atoms with E-state index < -0.39 is 0 Å². The maximum Gasteiger partial charge on any atom is 0.163 e. The lowest BCUT2D eigenvalue weighted by Gasteiger charge is -2.19. The van der Waals surface area contributed by atoms with Crippen molar-refractivity contribution in [1.82, 2.24) is 10.2 Å². The second-order valence-electron chi connectivity index (χ2n) is 6.55. The predicted molar refractivity (Wildman–Crippen MR) is 123 cm³/mol. The Morgan fingerprint density at radius 2 is 1.55 bits per heavy atom. The van der Waals surface area contributed by atoms with Gasteiger partial charge in [-0.25, -0.2) is 0 Å². The molecule has 29 heavy (non-hydrogen) atoms. The molecule has 2 aromatic carbocycles. The van der Waals surface area contributed by atoms with E-state index in [0.717, 1.165) is 37.3 Å². The van der Waals surface area contributed by atoms with Gasteiger partial charge in [-0.05, 0) is 43.8 Å². The second kappa shape index (κ2) is 12.5. The van der Waals surface area contributed by atoms with Gasteiger partial charge in [-0.3, -0.25) is 0 Å². The van der Waals surface area contributed by atoms with E-state index in [1.54, 1.807) is 18.2 Å². The molecule has 7 heteroatoms. The smallest absolute Gasteiger partial charge is 0.163 e. The third kappa shape index (κ3) is 7.54. The maximum atomic E-state index is 6.50. The van der Waals surface area contributed by atoms with Gasteiger partial charge in [0.05, 0.1) is 6.61 Å². The third-order valence-corrected chi connectivity index (χ3v) is 5.56. The van der Waals surface area contributed by atoms with E-state index in [9.17, 15) is 0 Å². The summed E-state index contributed by atoms with van der Waals surface area (Å²) in [6, 6.07) is 9.08. The molecular formula is C22H29Cl3N2O2. The highest BCUT2D eigenvalue weighted by atomic mass is 35.5. The zero-order valence-corrected chi connectivity index (χ0v) is 19.5. The van der Waals surface area contributed by atoms with Crippen LogP contribution in [0.1, 0.15) is 31.9 Å². The van der Waals surface area contributed by atoms with Crippen LogP contribution in [-0.4, -0.2) is 37.7 Å². The molecule has 2 rings (SSSR count). The minimum absolute atomic E-state index is 0.299.